The van der Waals surface area contributed by atoms with Gasteiger partial charge in [0.2, 0.25) is 11.8 Å². The summed E-state index contributed by atoms with van der Waals surface area (Å²) in [5.74, 6) is 6.82. The van der Waals surface area contributed by atoms with E-state index in [0.29, 0.717) is 18.4 Å². The summed E-state index contributed by atoms with van der Waals surface area (Å²) in [6, 6.07) is 9.30. The van der Waals surface area contributed by atoms with E-state index in [1.165, 1.54) is 0 Å². The second-order valence-electron chi connectivity index (χ2n) is 3.50. The van der Waals surface area contributed by atoms with E-state index in [1.807, 2.05) is 24.3 Å². The van der Waals surface area contributed by atoms with E-state index < -0.39 is 0 Å². The molecule has 6 heteroatoms. The highest BCUT2D eigenvalue weighted by atomic mass is 16.5. The van der Waals surface area contributed by atoms with Crippen LogP contribution in [-0.2, 0) is 6.61 Å². The van der Waals surface area contributed by atoms with Crippen LogP contribution in [-0.4, -0.2) is 17.1 Å². The topological polar surface area (TPSA) is 82.3 Å². The van der Waals surface area contributed by atoms with Crippen LogP contribution in [0.5, 0.6) is 11.6 Å². The maximum absolute atomic E-state index is 5.52. The second-order valence-corrected chi connectivity index (χ2v) is 3.50. The van der Waals surface area contributed by atoms with E-state index in [9.17, 15) is 0 Å². The van der Waals surface area contributed by atoms with Crippen molar-refractivity contribution in [3.63, 3.8) is 0 Å². The maximum Gasteiger partial charge on any atom is 0.240 e. The highest BCUT2D eigenvalue weighted by Gasteiger charge is 2.00. The fourth-order valence-electron chi connectivity index (χ4n) is 1.37. The van der Waals surface area contributed by atoms with E-state index in [0.717, 1.165) is 11.3 Å². The molecule has 0 unspecified atom stereocenters. The van der Waals surface area contributed by atoms with Crippen LogP contribution in [0.25, 0.3) is 0 Å². The van der Waals surface area contributed by atoms with Gasteiger partial charge in [0, 0.05) is 12.3 Å². The Balaban J connectivity index is 1.97. The van der Waals surface area contributed by atoms with Crippen LogP contribution >= 0.6 is 0 Å². The van der Waals surface area contributed by atoms with Gasteiger partial charge in [0.15, 0.2) is 0 Å². The average Bonchev–Trinajstić information content (AvgIpc) is 2.46. The molecule has 1 heterocycles. The number of ether oxygens (including phenoxy) is 2. The first-order valence-electron chi connectivity index (χ1n) is 5.37. The SMILES string of the molecule is COc1ccc(COc2ccnc(NN)n2)cc1. The molecule has 2 rings (SSSR count). The van der Waals surface area contributed by atoms with E-state index in [2.05, 4.69) is 15.4 Å². The molecule has 0 aliphatic heterocycles. The molecule has 1 aromatic heterocycles. The Kier molecular flexibility index (Phi) is 3.93. The van der Waals surface area contributed by atoms with E-state index in [4.69, 9.17) is 15.3 Å². The fraction of sp³-hybridized carbons (Fsp3) is 0.167. The highest BCUT2D eigenvalue weighted by Crippen LogP contribution is 2.14. The Bertz CT molecular complexity index is 502. The molecule has 0 fully saturated rings. The van der Waals surface area contributed by atoms with Gasteiger partial charge in [0.1, 0.15) is 12.4 Å². The van der Waals surface area contributed by atoms with Crippen LogP contribution in [0.4, 0.5) is 5.95 Å². The van der Waals surface area contributed by atoms with Crippen LogP contribution in [0.15, 0.2) is 36.5 Å². The lowest BCUT2D eigenvalue weighted by Gasteiger charge is -2.07. The van der Waals surface area contributed by atoms with Gasteiger partial charge >= 0.3 is 0 Å². The maximum atomic E-state index is 5.52. The molecule has 0 radical (unpaired) electrons. The molecule has 0 saturated heterocycles. The number of nitrogens with one attached hydrogen (secondary N) is 1. The molecule has 0 atom stereocenters. The first kappa shape index (κ1) is 12.1. The predicted molar refractivity (Wildman–Crippen MR) is 67.2 cm³/mol. The number of nitrogens with zero attached hydrogens (tertiary/aromatic N) is 2. The number of rotatable bonds is 5. The minimum atomic E-state index is 0.322. The Hall–Kier alpha value is -2.34. The van der Waals surface area contributed by atoms with E-state index >= 15 is 0 Å². The number of anilines is 1. The lowest BCUT2D eigenvalue weighted by Crippen LogP contribution is -2.10. The largest absolute Gasteiger partial charge is 0.497 e. The van der Waals surface area contributed by atoms with Crippen LogP contribution in [0.3, 0.4) is 0 Å². The molecule has 0 saturated carbocycles. The molecule has 0 aliphatic carbocycles. The standard InChI is InChI=1S/C12H14N4O2/c1-17-10-4-2-9(3-5-10)8-18-11-6-7-14-12(15-11)16-13/h2-7H,8,13H2,1H3,(H,14,15,16). The van der Waals surface area contributed by atoms with Crippen molar-refractivity contribution in [3.05, 3.63) is 42.1 Å². The predicted octanol–water partition coefficient (Wildman–Crippen LogP) is 1.35. The molecule has 1 aromatic carbocycles. The molecule has 0 aliphatic rings. The van der Waals surface area contributed by atoms with Gasteiger partial charge in [-0.3, -0.25) is 5.43 Å². The zero-order valence-electron chi connectivity index (χ0n) is 9.96. The third-order valence-corrected chi connectivity index (χ3v) is 2.30. The van der Waals surface area contributed by atoms with Crippen molar-refractivity contribution in [2.45, 2.75) is 6.61 Å². The fourth-order valence-corrected chi connectivity index (χ4v) is 1.37. The number of hydrogen-bond acceptors (Lipinski definition) is 6. The van der Waals surface area contributed by atoms with Gasteiger partial charge in [-0.1, -0.05) is 12.1 Å². The van der Waals surface area contributed by atoms with Crippen molar-refractivity contribution in [1.29, 1.82) is 0 Å². The second kappa shape index (κ2) is 5.83. The Morgan fingerprint density at radius 1 is 1.22 bits per heavy atom. The van der Waals surface area contributed by atoms with Gasteiger partial charge in [0.05, 0.1) is 7.11 Å². The van der Waals surface area contributed by atoms with Crippen molar-refractivity contribution in [3.8, 4) is 11.6 Å². The van der Waals surface area contributed by atoms with E-state index in [1.54, 1.807) is 19.4 Å². The van der Waals surface area contributed by atoms with Crippen LogP contribution in [0, 0.1) is 0 Å². The number of hydrogen-bond donors (Lipinski definition) is 2. The molecule has 6 nitrogen and oxygen atoms in total. The number of nitrogen functional groups attached to an aromatic ring is 1. The first-order valence-corrected chi connectivity index (χ1v) is 5.37. The third kappa shape index (κ3) is 3.08. The first-order chi connectivity index (χ1) is 8.81. The normalized spacial score (nSPS) is 9.89. The summed E-state index contributed by atoms with van der Waals surface area (Å²) in [6.45, 7) is 0.422. The molecule has 0 spiro atoms. The summed E-state index contributed by atoms with van der Waals surface area (Å²) in [6.07, 6.45) is 1.57. The minimum absolute atomic E-state index is 0.322. The molecular weight excluding hydrogens is 232 g/mol. The number of methoxy groups -OCH3 is 1. The van der Waals surface area contributed by atoms with Gasteiger partial charge in [-0.25, -0.2) is 10.8 Å². The van der Waals surface area contributed by atoms with Gasteiger partial charge in [0.25, 0.3) is 0 Å². The number of aromatic nitrogens is 2. The monoisotopic (exact) mass is 246 g/mol. The van der Waals surface area contributed by atoms with Crippen molar-refractivity contribution in [1.82, 2.24) is 9.97 Å². The number of benzene rings is 1. The van der Waals surface area contributed by atoms with Gasteiger partial charge < -0.3 is 9.47 Å². The lowest BCUT2D eigenvalue weighted by atomic mass is 10.2. The molecule has 2 aromatic rings. The molecule has 0 bridgehead atoms. The lowest BCUT2D eigenvalue weighted by molar-refractivity contribution is 0.293. The van der Waals surface area contributed by atoms with Gasteiger partial charge in [-0.2, -0.15) is 4.98 Å². The molecule has 0 amide bonds. The smallest absolute Gasteiger partial charge is 0.240 e. The summed E-state index contributed by atoms with van der Waals surface area (Å²) in [7, 11) is 1.63. The van der Waals surface area contributed by atoms with Crippen molar-refractivity contribution in [2.75, 3.05) is 12.5 Å². The summed E-state index contributed by atoms with van der Waals surface area (Å²) in [4.78, 5) is 7.94. The summed E-state index contributed by atoms with van der Waals surface area (Å²) < 4.78 is 10.6. The molecule has 3 N–H and O–H groups in total. The summed E-state index contributed by atoms with van der Waals surface area (Å²) in [5, 5.41) is 0. The Morgan fingerprint density at radius 2 is 2.00 bits per heavy atom. The van der Waals surface area contributed by atoms with E-state index in [-0.39, 0.29) is 0 Å². The Morgan fingerprint density at radius 3 is 2.67 bits per heavy atom. The number of nitrogens with two attached hydrogens (primary N) is 1. The molecule has 94 valence electrons. The van der Waals surface area contributed by atoms with Crippen molar-refractivity contribution < 1.29 is 9.47 Å². The molecular formula is C12H14N4O2. The van der Waals surface area contributed by atoms with Crippen molar-refractivity contribution >= 4 is 5.95 Å². The zero-order valence-corrected chi connectivity index (χ0v) is 9.96. The summed E-state index contributed by atoms with van der Waals surface area (Å²) >= 11 is 0. The summed E-state index contributed by atoms with van der Waals surface area (Å²) in [5.41, 5.74) is 3.39. The van der Waals surface area contributed by atoms with Gasteiger partial charge in [-0.05, 0) is 17.7 Å². The van der Waals surface area contributed by atoms with Crippen molar-refractivity contribution in [2.24, 2.45) is 5.84 Å². The highest BCUT2D eigenvalue weighted by molar-refractivity contribution is 5.28. The van der Waals surface area contributed by atoms with Crippen LogP contribution < -0.4 is 20.7 Å². The quantitative estimate of drug-likeness (QED) is 0.612. The average molecular weight is 246 g/mol. The van der Waals surface area contributed by atoms with Crippen LogP contribution in [0.1, 0.15) is 5.56 Å². The molecule has 18 heavy (non-hydrogen) atoms. The zero-order chi connectivity index (χ0) is 12.8. The van der Waals surface area contributed by atoms with Gasteiger partial charge in [-0.15, -0.1) is 0 Å². The Labute approximate surface area is 105 Å². The number of hydrazine groups is 1. The third-order valence-electron chi connectivity index (χ3n) is 2.30. The minimum Gasteiger partial charge on any atom is -0.497 e. The van der Waals surface area contributed by atoms with Crippen LogP contribution in [0.2, 0.25) is 0 Å².